The third-order valence-corrected chi connectivity index (χ3v) is 5.92. The van der Waals surface area contributed by atoms with Crippen LogP contribution in [0.4, 0.5) is 0 Å². The number of Topliss-reactive ketones (excluding diaryl/α,β-unsaturated/α-hetero) is 2. The first kappa shape index (κ1) is 46.5. The molecule has 0 aliphatic carbocycles. The number of nitrogens with one attached hydrogen (secondary N) is 1. The molecule has 3 N–H and O–H groups in total. The van der Waals surface area contributed by atoms with E-state index < -0.39 is 11.9 Å². The quantitative estimate of drug-likeness (QED) is 0.0446. The van der Waals surface area contributed by atoms with E-state index in [0.717, 1.165) is 64.5 Å². The lowest BCUT2D eigenvalue weighted by atomic mass is 10.0. The molecule has 11 nitrogen and oxygen atoms in total. The number of hydrogen-bond donors (Lipinski definition) is 2. The van der Waals surface area contributed by atoms with Gasteiger partial charge in [0.15, 0.2) is 5.78 Å². The molecule has 0 rings (SSSR count). The van der Waals surface area contributed by atoms with Crippen LogP contribution in [0, 0.1) is 0 Å². The Morgan fingerprint density at radius 3 is 1.65 bits per heavy atom. The second kappa shape index (κ2) is 32.4. The van der Waals surface area contributed by atoms with Crippen LogP contribution in [0.25, 0.3) is 0 Å². The zero-order valence-electron chi connectivity index (χ0n) is 28.6. The van der Waals surface area contributed by atoms with Crippen LogP contribution in [0.3, 0.4) is 0 Å². The molecule has 0 aromatic rings. The van der Waals surface area contributed by atoms with E-state index >= 15 is 0 Å². The number of nitrogens with zero attached hydrogens (tertiary/aromatic N) is 1. The molecule has 11 heteroatoms. The third kappa shape index (κ3) is 34.5. The van der Waals surface area contributed by atoms with Gasteiger partial charge in [0.05, 0.1) is 13.2 Å². The first-order valence-corrected chi connectivity index (χ1v) is 15.7. The highest BCUT2D eigenvalue weighted by Gasteiger charge is 2.06. The minimum absolute atomic E-state index is 0.0530. The zero-order chi connectivity index (χ0) is 35.8. The van der Waals surface area contributed by atoms with Gasteiger partial charge in [0.25, 0.3) is 0 Å². The van der Waals surface area contributed by atoms with Crippen molar-refractivity contribution in [1.82, 2.24) is 5.32 Å². The van der Waals surface area contributed by atoms with Gasteiger partial charge in [-0.25, -0.2) is 19.4 Å². The monoisotopic (exact) mass is 647 g/mol. The van der Waals surface area contributed by atoms with Crippen molar-refractivity contribution < 1.29 is 38.2 Å². The van der Waals surface area contributed by atoms with Gasteiger partial charge in [0.2, 0.25) is 12.0 Å². The fourth-order valence-corrected chi connectivity index (χ4v) is 3.19. The van der Waals surface area contributed by atoms with Crippen molar-refractivity contribution in [3.05, 3.63) is 48.6 Å². The Kier molecular flexibility index (Phi) is 32.8. The maximum Gasteiger partial charge on any atom is 0.333 e. The zero-order valence-corrected chi connectivity index (χ0v) is 28.6. The Labute approximate surface area is 275 Å². The van der Waals surface area contributed by atoms with Crippen molar-refractivity contribution >= 4 is 35.5 Å². The highest BCUT2D eigenvalue weighted by atomic mass is 16.5. The third-order valence-electron chi connectivity index (χ3n) is 5.92. The van der Waals surface area contributed by atoms with Gasteiger partial charge in [-0.05, 0) is 71.9 Å². The largest absolute Gasteiger partial charge is 0.462 e. The van der Waals surface area contributed by atoms with Crippen molar-refractivity contribution in [2.75, 3.05) is 32.8 Å². The summed E-state index contributed by atoms with van der Waals surface area (Å²) in [6.07, 6.45) is 11.5. The molecule has 0 aromatic carbocycles. The molecule has 260 valence electrons. The summed E-state index contributed by atoms with van der Waals surface area (Å²) in [7, 11) is 0. The van der Waals surface area contributed by atoms with E-state index in [9.17, 15) is 28.8 Å². The van der Waals surface area contributed by atoms with Gasteiger partial charge in [0.1, 0.15) is 12.4 Å². The summed E-state index contributed by atoms with van der Waals surface area (Å²) < 4.78 is 9.53. The van der Waals surface area contributed by atoms with Crippen LogP contribution in [0.15, 0.2) is 53.6 Å². The molecule has 0 aliphatic heterocycles. The summed E-state index contributed by atoms with van der Waals surface area (Å²) in [6, 6.07) is 0. The van der Waals surface area contributed by atoms with E-state index in [1.54, 1.807) is 27.7 Å². The molecule has 0 fully saturated rings. The Balaban J connectivity index is -0.000000673. The van der Waals surface area contributed by atoms with Crippen LogP contribution in [0.1, 0.15) is 105 Å². The number of allylic oxidation sites excluding steroid dienone is 1. The van der Waals surface area contributed by atoms with Crippen molar-refractivity contribution in [2.24, 2.45) is 10.7 Å². The fourth-order valence-electron chi connectivity index (χ4n) is 3.19. The Hall–Kier alpha value is -3.95. The number of isocyanates is 1. The lowest BCUT2D eigenvalue weighted by Crippen LogP contribution is -2.24. The summed E-state index contributed by atoms with van der Waals surface area (Å²) in [6.45, 7) is 22.6. The smallest absolute Gasteiger partial charge is 0.333 e. The van der Waals surface area contributed by atoms with Gasteiger partial charge in [-0.3, -0.25) is 14.4 Å². The molecule has 46 heavy (non-hydrogen) atoms. The van der Waals surface area contributed by atoms with E-state index in [4.69, 9.17) is 10.5 Å². The highest BCUT2D eigenvalue weighted by molar-refractivity contribution is 5.94. The molecule has 0 bridgehead atoms. The van der Waals surface area contributed by atoms with Crippen LogP contribution < -0.4 is 11.1 Å². The SMILES string of the molecule is C=C(C)C(=O)CCCCCCCC(=O)CCCOC(=O)C(=C)C.C=C(C)C(=O)NCCCCCN.C=C(C)C(=O)OCCN=C=O. The van der Waals surface area contributed by atoms with Gasteiger partial charge in [-0.2, -0.15) is 0 Å². The van der Waals surface area contributed by atoms with Crippen LogP contribution in [-0.2, 0) is 38.2 Å². The molecule has 0 radical (unpaired) electrons. The second-order valence-electron chi connectivity index (χ2n) is 10.8. The molecule has 1 amide bonds. The minimum Gasteiger partial charge on any atom is -0.462 e. The number of unbranched alkanes of at least 4 members (excludes halogenated alkanes) is 6. The number of aliphatic imine (C=N–C) groups is 1. The fraction of sp³-hybridized carbons (Fsp3) is 0.600. The van der Waals surface area contributed by atoms with Crippen LogP contribution in [0.2, 0.25) is 0 Å². The van der Waals surface area contributed by atoms with Gasteiger partial charge in [-0.1, -0.05) is 52.0 Å². The molecule has 0 aromatic heterocycles. The number of carbonyl (C=O) groups is 5. The van der Waals surface area contributed by atoms with Crippen molar-refractivity contribution in [3.8, 4) is 0 Å². The summed E-state index contributed by atoms with van der Waals surface area (Å²) in [5.41, 5.74) is 7.22. The molecular weight excluding hydrogens is 590 g/mol. The van der Waals surface area contributed by atoms with Gasteiger partial charge >= 0.3 is 11.9 Å². The van der Waals surface area contributed by atoms with Crippen LogP contribution >= 0.6 is 0 Å². The standard InChI is InChI=1S/C19H30O4.C9H18N2O.C7H9NO3/c1-15(2)18(21)13-9-7-5-6-8-11-17(20)12-10-14-23-19(22)16(3)4;1-8(2)9(12)11-7-5-3-4-6-10;1-6(2)7(10)11-4-3-8-5-9/h1,3,5-14H2,2,4H3;1,3-7,10H2,2H3,(H,11,12);1,3-4H2,2H3. The number of hydrogen-bond acceptors (Lipinski definition) is 10. The minimum atomic E-state index is -0.467. The van der Waals surface area contributed by atoms with E-state index in [1.807, 2.05) is 0 Å². The Morgan fingerprint density at radius 1 is 0.652 bits per heavy atom. The van der Waals surface area contributed by atoms with Gasteiger partial charge in [-0.15, -0.1) is 0 Å². The van der Waals surface area contributed by atoms with E-state index in [1.165, 1.54) is 6.08 Å². The number of ketones is 2. The summed E-state index contributed by atoms with van der Waals surface area (Å²) in [5, 5.41) is 2.76. The highest BCUT2D eigenvalue weighted by Crippen LogP contribution is 2.10. The predicted molar refractivity (Wildman–Crippen MR) is 182 cm³/mol. The summed E-state index contributed by atoms with van der Waals surface area (Å²) >= 11 is 0. The maximum atomic E-state index is 11.7. The van der Waals surface area contributed by atoms with E-state index in [2.05, 4.69) is 41.4 Å². The van der Waals surface area contributed by atoms with Crippen LogP contribution in [0.5, 0.6) is 0 Å². The normalized spacial score (nSPS) is 9.50. The number of amides is 1. The van der Waals surface area contributed by atoms with Crippen LogP contribution in [-0.4, -0.2) is 68.3 Å². The molecule has 0 unspecified atom stereocenters. The molecule has 0 spiro atoms. The lowest BCUT2D eigenvalue weighted by Gasteiger charge is -2.04. The lowest BCUT2D eigenvalue weighted by molar-refractivity contribution is -0.139. The average molecular weight is 648 g/mol. The first-order valence-electron chi connectivity index (χ1n) is 15.7. The Bertz CT molecular complexity index is 1040. The summed E-state index contributed by atoms with van der Waals surface area (Å²) in [5.74, 6) is -0.558. The number of carbonyl (C=O) groups excluding carboxylic acids is 6. The molecular formula is C35H57N3O8. The van der Waals surface area contributed by atoms with Gasteiger partial charge in [0, 0.05) is 42.5 Å². The second-order valence-corrected chi connectivity index (χ2v) is 10.8. The van der Waals surface area contributed by atoms with Crippen molar-refractivity contribution in [1.29, 1.82) is 0 Å². The maximum absolute atomic E-state index is 11.7. The topological polar surface area (TPSA) is 171 Å². The van der Waals surface area contributed by atoms with Crippen molar-refractivity contribution in [2.45, 2.75) is 105 Å². The summed E-state index contributed by atoms with van der Waals surface area (Å²) in [4.78, 5) is 68.4. The van der Waals surface area contributed by atoms with Gasteiger partial charge < -0.3 is 20.5 Å². The molecule has 0 heterocycles. The molecule has 0 saturated carbocycles. The predicted octanol–water partition coefficient (Wildman–Crippen LogP) is 5.58. The Morgan fingerprint density at radius 2 is 1.15 bits per heavy atom. The molecule has 0 atom stereocenters. The molecule has 0 saturated heterocycles. The first-order chi connectivity index (χ1) is 21.7. The van der Waals surface area contributed by atoms with E-state index in [0.29, 0.717) is 48.0 Å². The van der Waals surface area contributed by atoms with E-state index in [-0.39, 0.29) is 37.2 Å². The number of esters is 2. The van der Waals surface area contributed by atoms with Crippen molar-refractivity contribution in [3.63, 3.8) is 0 Å². The number of ether oxygens (including phenoxy) is 2. The number of nitrogens with two attached hydrogens (primary N) is 1. The average Bonchev–Trinajstić information content (AvgIpc) is 3.00. The number of rotatable bonds is 24. The molecule has 0 aliphatic rings.